The highest BCUT2D eigenvalue weighted by atomic mass is 32.2. The summed E-state index contributed by atoms with van der Waals surface area (Å²) in [5, 5.41) is 13.3. The number of primary amides is 1. The fraction of sp³-hybridized carbons (Fsp3) is 0.556. The van der Waals surface area contributed by atoms with Crippen molar-refractivity contribution in [1.82, 2.24) is 14.6 Å². The summed E-state index contributed by atoms with van der Waals surface area (Å²) in [7, 11) is -4.30. The summed E-state index contributed by atoms with van der Waals surface area (Å²) < 4.78 is 27.1. The number of aliphatic hydroxyl groups is 1. The van der Waals surface area contributed by atoms with Crippen molar-refractivity contribution in [3.63, 3.8) is 0 Å². The van der Waals surface area contributed by atoms with Gasteiger partial charge in [-0.15, -0.1) is 0 Å². The van der Waals surface area contributed by atoms with E-state index in [1.54, 1.807) is 13.0 Å². The van der Waals surface area contributed by atoms with E-state index in [1.165, 1.54) is 18.3 Å². The van der Waals surface area contributed by atoms with Gasteiger partial charge in [-0.25, -0.2) is 9.29 Å². The maximum atomic E-state index is 13.2. The van der Waals surface area contributed by atoms with Crippen molar-refractivity contribution in [3.8, 4) is 0 Å². The molecule has 1 fully saturated rings. The van der Waals surface area contributed by atoms with Gasteiger partial charge in [0, 0.05) is 18.7 Å². The van der Waals surface area contributed by atoms with Crippen molar-refractivity contribution in [2.45, 2.75) is 43.9 Å². The van der Waals surface area contributed by atoms with Crippen LogP contribution in [0.3, 0.4) is 0 Å². The van der Waals surface area contributed by atoms with Gasteiger partial charge < -0.3 is 16.2 Å². The SMILES string of the molecule is C[C@H]1CNC[C@H](O)[C@H](N(C(=O)[CH]C[C@@H](C)C(N)=O)S(=O)(=O)c2ccccn2)C1. The lowest BCUT2D eigenvalue weighted by molar-refractivity contribution is -0.126. The fourth-order valence-electron chi connectivity index (χ4n) is 3.06. The lowest BCUT2D eigenvalue weighted by Gasteiger charge is -2.33. The van der Waals surface area contributed by atoms with Crippen LogP contribution in [0.4, 0.5) is 0 Å². The van der Waals surface area contributed by atoms with Crippen LogP contribution in [-0.4, -0.2) is 59.9 Å². The number of nitrogens with zero attached hydrogens (tertiary/aromatic N) is 2. The Labute approximate surface area is 165 Å². The third kappa shape index (κ3) is 5.27. The minimum absolute atomic E-state index is 0.000969. The standard InChI is InChI=1S/C18H27N4O5S/c1-12-9-14(15(23)11-20-10-12)22(17(24)7-6-13(2)18(19)25)28(26,27)16-5-3-4-8-21-16/h3-5,7-8,12-15,20,23H,6,9-11H2,1-2H3,(H2,19,25)/t12-,13-,14-,15+/m1/s1. The van der Waals surface area contributed by atoms with E-state index in [4.69, 9.17) is 5.73 Å². The molecular weight excluding hydrogens is 384 g/mol. The maximum absolute atomic E-state index is 13.2. The van der Waals surface area contributed by atoms with Crippen molar-refractivity contribution < 1.29 is 23.1 Å². The van der Waals surface area contributed by atoms with E-state index in [0.717, 1.165) is 6.42 Å². The second kappa shape index (κ2) is 9.44. The lowest BCUT2D eigenvalue weighted by atomic mass is 9.99. The smallest absolute Gasteiger partial charge is 0.284 e. The highest BCUT2D eigenvalue weighted by Gasteiger charge is 2.41. The Hall–Kier alpha value is -2.04. The van der Waals surface area contributed by atoms with Crippen LogP contribution in [0.1, 0.15) is 26.7 Å². The van der Waals surface area contributed by atoms with Gasteiger partial charge in [-0.05, 0) is 37.4 Å². The number of β-amino-alcohol motifs (C(OH)–C–C–N with tert-alkyl or cyclic N) is 1. The van der Waals surface area contributed by atoms with Gasteiger partial charge in [-0.2, -0.15) is 8.42 Å². The van der Waals surface area contributed by atoms with Gasteiger partial charge >= 0.3 is 0 Å². The van der Waals surface area contributed by atoms with Crippen LogP contribution in [0.5, 0.6) is 0 Å². The number of nitrogens with two attached hydrogens (primary N) is 1. The Kier molecular flexibility index (Phi) is 7.50. The molecule has 155 valence electrons. The Bertz CT molecular complexity index is 786. The van der Waals surface area contributed by atoms with Crippen LogP contribution in [0.2, 0.25) is 0 Å². The molecule has 0 spiro atoms. The van der Waals surface area contributed by atoms with E-state index in [-0.39, 0.29) is 23.9 Å². The maximum Gasteiger partial charge on any atom is 0.284 e. The van der Waals surface area contributed by atoms with Crippen LogP contribution in [0.25, 0.3) is 0 Å². The zero-order valence-corrected chi connectivity index (χ0v) is 16.8. The lowest BCUT2D eigenvalue weighted by Crippen LogP contribution is -2.52. The van der Waals surface area contributed by atoms with Gasteiger partial charge in [0.15, 0.2) is 5.03 Å². The molecule has 0 bridgehead atoms. The Morgan fingerprint density at radius 3 is 2.75 bits per heavy atom. The van der Waals surface area contributed by atoms with Crippen molar-refractivity contribution in [2.75, 3.05) is 13.1 Å². The summed E-state index contributed by atoms with van der Waals surface area (Å²) in [6, 6.07) is 3.42. The van der Waals surface area contributed by atoms with Crippen LogP contribution < -0.4 is 11.1 Å². The topological polar surface area (TPSA) is 143 Å². The largest absolute Gasteiger partial charge is 0.390 e. The van der Waals surface area contributed by atoms with E-state index < -0.39 is 39.9 Å². The number of hydrogen-bond donors (Lipinski definition) is 3. The summed E-state index contributed by atoms with van der Waals surface area (Å²) in [6.07, 6.45) is 1.67. The van der Waals surface area contributed by atoms with E-state index in [9.17, 15) is 23.1 Å². The molecular formula is C18H27N4O5S. The molecule has 2 rings (SSSR count). The molecule has 4 N–H and O–H groups in total. The monoisotopic (exact) mass is 411 g/mol. The number of sulfonamides is 1. The number of carbonyl (C=O) groups is 2. The second-order valence-corrected chi connectivity index (χ2v) is 8.95. The molecule has 0 aliphatic carbocycles. The minimum Gasteiger partial charge on any atom is -0.390 e. The third-order valence-electron chi connectivity index (χ3n) is 4.75. The predicted molar refractivity (Wildman–Crippen MR) is 102 cm³/mol. The summed E-state index contributed by atoms with van der Waals surface area (Å²) in [4.78, 5) is 28.0. The molecule has 1 aromatic heterocycles. The molecule has 1 aliphatic rings. The quantitative estimate of drug-likeness (QED) is 0.558. The minimum atomic E-state index is -4.30. The van der Waals surface area contributed by atoms with Crippen molar-refractivity contribution in [3.05, 3.63) is 30.8 Å². The number of amides is 2. The Morgan fingerprint density at radius 2 is 2.14 bits per heavy atom. The molecule has 1 aliphatic heterocycles. The molecule has 2 amide bonds. The number of carbonyl (C=O) groups excluding carboxylic acids is 2. The number of aromatic nitrogens is 1. The van der Waals surface area contributed by atoms with Crippen molar-refractivity contribution >= 4 is 21.8 Å². The van der Waals surface area contributed by atoms with Crippen LogP contribution >= 0.6 is 0 Å². The predicted octanol–water partition coefficient (Wildman–Crippen LogP) is -0.326. The number of aliphatic hydroxyl groups excluding tert-OH is 1. The summed E-state index contributed by atoms with van der Waals surface area (Å²) in [5.41, 5.74) is 5.22. The van der Waals surface area contributed by atoms with Gasteiger partial charge in [-0.3, -0.25) is 9.59 Å². The van der Waals surface area contributed by atoms with E-state index in [2.05, 4.69) is 10.3 Å². The van der Waals surface area contributed by atoms with E-state index in [0.29, 0.717) is 17.3 Å². The highest BCUT2D eigenvalue weighted by molar-refractivity contribution is 7.89. The number of nitrogens with one attached hydrogen (secondary N) is 1. The zero-order chi connectivity index (χ0) is 20.9. The number of pyridine rings is 1. The molecule has 1 aromatic rings. The molecule has 1 saturated heterocycles. The average Bonchev–Trinajstić information content (AvgIpc) is 2.81. The average molecular weight is 412 g/mol. The first-order valence-corrected chi connectivity index (χ1v) is 10.6. The van der Waals surface area contributed by atoms with Gasteiger partial charge in [0.1, 0.15) is 0 Å². The summed E-state index contributed by atoms with van der Waals surface area (Å²) >= 11 is 0. The van der Waals surface area contributed by atoms with E-state index >= 15 is 0 Å². The van der Waals surface area contributed by atoms with Gasteiger partial charge in [0.25, 0.3) is 10.0 Å². The number of rotatable bonds is 7. The first kappa shape index (κ1) is 22.3. The molecule has 28 heavy (non-hydrogen) atoms. The van der Waals surface area contributed by atoms with Gasteiger partial charge in [0.2, 0.25) is 11.8 Å². The van der Waals surface area contributed by atoms with Crippen molar-refractivity contribution in [2.24, 2.45) is 17.6 Å². The molecule has 0 aromatic carbocycles. The van der Waals surface area contributed by atoms with E-state index in [1.807, 2.05) is 6.92 Å². The van der Waals surface area contributed by atoms with Crippen LogP contribution in [-0.2, 0) is 19.6 Å². The summed E-state index contributed by atoms with van der Waals surface area (Å²) in [6.45, 7) is 4.22. The first-order chi connectivity index (χ1) is 13.1. The van der Waals surface area contributed by atoms with Gasteiger partial charge in [-0.1, -0.05) is 19.9 Å². The fourth-order valence-corrected chi connectivity index (χ4v) is 4.60. The zero-order valence-electron chi connectivity index (χ0n) is 16.0. The van der Waals surface area contributed by atoms with Crippen LogP contribution in [0.15, 0.2) is 29.4 Å². The molecule has 1 radical (unpaired) electrons. The van der Waals surface area contributed by atoms with Gasteiger partial charge in [0.05, 0.1) is 18.6 Å². The highest BCUT2D eigenvalue weighted by Crippen LogP contribution is 2.26. The molecule has 4 atom stereocenters. The molecule has 2 heterocycles. The molecule has 9 nitrogen and oxygen atoms in total. The summed E-state index contributed by atoms with van der Waals surface area (Å²) in [5.74, 6) is -1.98. The molecule has 0 saturated carbocycles. The normalized spacial score (nSPS) is 24.2. The Balaban J connectivity index is 2.40. The molecule has 10 heteroatoms. The second-order valence-electron chi connectivity index (χ2n) is 7.18. The molecule has 0 unspecified atom stereocenters. The van der Waals surface area contributed by atoms with Crippen molar-refractivity contribution in [1.29, 1.82) is 0 Å². The van der Waals surface area contributed by atoms with Crippen LogP contribution in [0, 0.1) is 18.3 Å². The third-order valence-corrected chi connectivity index (χ3v) is 6.48. The Morgan fingerprint density at radius 1 is 1.43 bits per heavy atom. The first-order valence-electron chi connectivity index (χ1n) is 9.15. The number of hydrogen-bond acceptors (Lipinski definition) is 7.